The number of sulfonamides is 1. The van der Waals surface area contributed by atoms with Gasteiger partial charge in [0.25, 0.3) is 21.8 Å². The summed E-state index contributed by atoms with van der Waals surface area (Å²) in [4.78, 5) is 16.7. The first-order valence-corrected chi connectivity index (χ1v) is 11.1. The first-order chi connectivity index (χ1) is 14.3. The van der Waals surface area contributed by atoms with Crippen LogP contribution in [-0.4, -0.2) is 38.2 Å². The molecule has 0 bridgehead atoms. The Kier molecular flexibility index (Phi) is 5.22. The predicted octanol–water partition coefficient (Wildman–Crippen LogP) is 2.09. The van der Waals surface area contributed by atoms with Crippen LogP contribution in [0.25, 0.3) is 11.5 Å². The molecule has 1 aliphatic heterocycles. The summed E-state index contributed by atoms with van der Waals surface area (Å²) in [6, 6.07) is 3.89. The van der Waals surface area contributed by atoms with E-state index in [1.165, 1.54) is 36.6 Å². The molecule has 3 aromatic rings. The van der Waals surface area contributed by atoms with E-state index in [4.69, 9.17) is 19.7 Å². The van der Waals surface area contributed by atoms with Crippen molar-refractivity contribution in [3.8, 4) is 17.2 Å². The standard InChI is InChI=1S/C18H18N4O6S2/c1-9-20-17(28-21-9)15-11-5-6-27-8-14(11)29-18(15)22-30(24,25)10-3-4-13(26-2)12(7-10)16(19)23/h3-4,7,22H,5-6,8H2,1-2H3,(H2,19,23). The largest absolute Gasteiger partial charge is 0.496 e. The number of aryl methyl sites for hydroxylation is 1. The van der Waals surface area contributed by atoms with Crippen LogP contribution in [0.4, 0.5) is 5.00 Å². The van der Waals surface area contributed by atoms with Crippen LogP contribution in [0.1, 0.15) is 26.6 Å². The second kappa shape index (κ2) is 7.70. The number of hydrogen-bond donors (Lipinski definition) is 2. The molecule has 0 atom stereocenters. The number of benzene rings is 1. The maximum absolute atomic E-state index is 13.1. The third-order valence-electron chi connectivity index (χ3n) is 4.54. The Labute approximate surface area is 176 Å². The number of carbonyl (C=O) groups excluding carboxylic acids is 1. The second-order valence-corrected chi connectivity index (χ2v) is 9.28. The average molecular weight is 450 g/mol. The highest BCUT2D eigenvalue weighted by molar-refractivity contribution is 7.93. The highest BCUT2D eigenvalue weighted by Crippen LogP contribution is 2.43. The van der Waals surface area contributed by atoms with E-state index >= 15 is 0 Å². The van der Waals surface area contributed by atoms with E-state index in [1.54, 1.807) is 6.92 Å². The van der Waals surface area contributed by atoms with Gasteiger partial charge in [0.1, 0.15) is 10.8 Å². The molecule has 10 nitrogen and oxygen atoms in total. The number of carbonyl (C=O) groups is 1. The maximum Gasteiger partial charge on any atom is 0.262 e. The number of ether oxygens (including phenoxy) is 2. The lowest BCUT2D eigenvalue weighted by Gasteiger charge is -2.12. The summed E-state index contributed by atoms with van der Waals surface area (Å²) in [5, 5.41) is 4.15. The van der Waals surface area contributed by atoms with Gasteiger partial charge in [0.2, 0.25) is 0 Å². The van der Waals surface area contributed by atoms with Crippen LogP contribution < -0.4 is 15.2 Å². The fraction of sp³-hybridized carbons (Fsp3) is 0.278. The molecule has 3 N–H and O–H groups in total. The van der Waals surface area contributed by atoms with Gasteiger partial charge in [-0.05, 0) is 37.1 Å². The molecule has 0 fully saturated rings. The molecule has 0 aliphatic carbocycles. The summed E-state index contributed by atoms with van der Waals surface area (Å²) < 4.78 is 44.6. The van der Waals surface area contributed by atoms with Crippen molar-refractivity contribution < 1.29 is 27.2 Å². The number of methoxy groups -OCH3 is 1. The van der Waals surface area contributed by atoms with E-state index < -0.39 is 15.9 Å². The molecule has 158 valence electrons. The first kappa shape index (κ1) is 20.3. The van der Waals surface area contributed by atoms with E-state index in [-0.39, 0.29) is 22.1 Å². The van der Waals surface area contributed by atoms with Gasteiger partial charge >= 0.3 is 0 Å². The fourth-order valence-corrected chi connectivity index (χ4v) is 5.67. The van der Waals surface area contributed by atoms with Gasteiger partial charge < -0.3 is 19.7 Å². The van der Waals surface area contributed by atoms with Crippen molar-refractivity contribution in [2.75, 3.05) is 18.4 Å². The predicted molar refractivity (Wildman–Crippen MR) is 108 cm³/mol. The molecule has 3 heterocycles. The van der Waals surface area contributed by atoms with Crippen molar-refractivity contribution >= 4 is 32.3 Å². The topological polar surface area (TPSA) is 147 Å². The zero-order valence-corrected chi connectivity index (χ0v) is 17.7. The van der Waals surface area contributed by atoms with Crippen molar-refractivity contribution in [3.05, 3.63) is 40.0 Å². The van der Waals surface area contributed by atoms with Gasteiger partial charge in [0.15, 0.2) is 5.82 Å². The SMILES string of the molecule is COc1ccc(S(=O)(=O)Nc2sc3c(c2-c2nc(C)no2)CCOC3)cc1C(N)=O. The zero-order valence-electron chi connectivity index (χ0n) is 16.1. The van der Waals surface area contributed by atoms with Crippen molar-refractivity contribution in [2.24, 2.45) is 5.73 Å². The fourth-order valence-electron chi connectivity index (χ4n) is 3.16. The highest BCUT2D eigenvalue weighted by atomic mass is 32.2. The van der Waals surface area contributed by atoms with Crippen molar-refractivity contribution in [2.45, 2.75) is 24.8 Å². The monoisotopic (exact) mass is 450 g/mol. The van der Waals surface area contributed by atoms with E-state index in [0.29, 0.717) is 36.0 Å². The van der Waals surface area contributed by atoms with Gasteiger partial charge in [-0.1, -0.05) is 5.16 Å². The number of nitrogens with one attached hydrogen (secondary N) is 1. The molecule has 12 heteroatoms. The van der Waals surface area contributed by atoms with Crippen LogP contribution in [0.3, 0.4) is 0 Å². The molecule has 0 radical (unpaired) electrons. The molecule has 0 saturated carbocycles. The van der Waals surface area contributed by atoms with Crippen molar-refractivity contribution in [1.29, 1.82) is 0 Å². The third kappa shape index (κ3) is 3.64. The van der Waals surface area contributed by atoms with Crippen LogP contribution in [0.2, 0.25) is 0 Å². The molecule has 4 rings (SSSR count). The summed E-state index contributed by atoms with van der Waals surface area (Å²) in [6.45, 7) is 2.56. The molecule has 0 spiro atoms. The summed E-state index contributed by atoms with van der Waals surface area (Å²) >= 11 is 1.25. The van der Waals surface area contributed by atoms with Gasteiger partial charge in [-0.25, -0.2) is 8.42 Å². The first-order valence-electron chi connectivity index (χ1n) is 8.84. The van der Waals surface area contributed by atoms with Crippen LogP contribution in [0, 0.1) is 6.92 Å². The zero-order chi connectivity index (χ0) is 21.5. The number of nitrogens with two attached hydrogens (primary N) is 1. The lowest BCUT2D eigenvalue weighted by atomic mass is 10.1. The number of aromatic nitrogens is 2. The van der Waals surface area contributed by atoms with E-state index in [0.717, 1.165) is 10.4 Å². The Hall–Kier alpha value is -2.96. The quantitative estimate of drug-likeness (QED) is 0.580. The number of primary amides is 1. The summed E-state index contributed by atoms with van der Waals surface area (Å²) in [7, 11) is -2.68. The number of rotatable bonds is 6. The number of thiophene rings is 1. The van der Waals surface area contributed by atoms with Crippen LogP contribution >= 0.6 is 11.3 Å². The van der Waals surface area contributed by atoms with Gasteiger partial charge in [-0.2, -0.15) is 4.98 Å². The summed E-state index contributed by atoms with van der Waals surface area (Å²) in [5.74, 6) is 0.0612. The van der Waals surface area contributed by atoms with Crippen molar-refractivity contribution in [1.82, 2.24) is 10.1 Å². The Morgan fingerprint density at radius 2 is 2.17 bits per heavy atom. The van der Waals surface area contributed by atoms with Crippen LogP contribution in [-0.2, 0) is 27.8 Å². The van der Waals surface area contributed by atoms with E-state index in [9.17, 15) is 13.2 Å². The minimum Gasteiger partial charge on any atom is -0.496 e. The molecule has 0 unspecified atom stereocenters. The molecule has 1 amide bonds. The number of hydrogen-bond acceptors (Lipinski definition) is 9. The molecule has 2 aromatic heterocycles. The highest BCUT2D eigenvalue weighted by Gasteiger charge is 2.29. The Bertz CT molecular complexity index is 1230. The van der Waals surface area contributed by atoms with Gasteiger partial charge in [0, 0.05) is 4.88 Å². The molecule has 0 saturated heterocycles. The molecule has 1 aliphatic rings. The minimum absolute atomic E-state index is 0.0352. The molecular weight excluding hydrogens is 432 g/mol. The lowest BCUT2D eigenvalue weighted by Crippen LogP contribution is -2.16. The van der Waals surface area contributed by atoms with Crippen LogP contribution in [0.15, 0.2) is 27.6 Å². The Balaban J connectivity index is 1.78. The Morgan fingerprint density at radius 3 is 2.83 bits per heavy atom. The molecule has 30 heavy (non-hydrogen) atoms. The lowest BCUT2D eigenvalue weighted by molar-refractivity contribution is 0.0997. The number of fused-ring (bicyclic) bond motifs is 1. The molecule has 1 aromatic carbocycles. The third-order valence-corrected chi connectivity index (χ3v) is 7.13. The smallest absolute Gasteiger partial charge is 0.262 e. The van der Waals surface area contributed by atoms with E-state index in [1.807, 2.05) is 0 Å². The van der Waals surface area contributed by atoms with Gasteiger partial charge in [-0.15, -0.1) is 11.3 Å². The van der Waals surface area contributed by atoms with Gasteiger partial charge in [0.05, 0.1) is 36.3 Å². The average Bonchev–Trinajstić information content (AvgIpc) is 3.29. The van der Waals surface area contributed by atoms with Gasteiger partial charge in [-0.3, -0.25) is 9.52 Å². The number of anilines is 1. The minimum atomic E-state index is -4.05. The second-order valence-electron chi connectivity index (χ2n) is 6.49. The normalized spacial score (nSPS) is 13.7. The summed E-state index contributed by atoms with van der Waals surface area (Å²) in [5.41, 5.74) is 6.78. The molecular formula is C18H18N4O6S2. The van der Waals surface area contributed by atoms with Crippen LogP contribution in [0.5, 0.6) is 5.75 Å². The van der Waals surface area contributed by atoms with E-state index in [2.05, 4.69) is 14.9 Å². The number of nitrogens with zero attached hydrogens (tertiary/aromatic N) is 2. The van der Waals surface area contributed by atoms with Crippen molar-refractivity contribution in [3.63, 3.8) is 0 Å². The summed E-state index contributed by atoms with van der Waals surface area (Å²) in [6.07, 6.45) is 0.596. The number of amides is 1. The maximum atomic E-state index is 13.1. The Morgan fingerprint density at radius 1 is 1.37 bits per heavy atom.